The van der Waals surface area contributed by atoms with Gasteiger partial charge < -0.3 is 9.62 Å². The van der Waals surface area contributed by atoms with Crippen LogP contribution in [0.25, 0.3) is 0 Å². The third-order valence-electron chi connectivity index (χ3n) is 4.59. The van der Waals surface area contributed by atoms with Crippen molar-refractivity contribution >= 4 is 6.98 Å². The lowest BCUT2D eigenvalue weighted by molar-refractivity contribution is 0.323. The van der Waals surface area contributed by atoms with Crippen LogP contribution < -0.4 is 0 Å². The Morgan fingerprint density at radius 3 is 1.05 bits per heavy atom. The van der Waals surface area contributed by atoms with E-state index in [0.717, 1.165) is 0 Å². The van der Waals surface area contributed by atoms with Gasteiger partial charge in [-0.3, -0.25) is 0 Å². The zero-order chi connectivity index (χ0) is 16.6. The normalized spacial score (nSPS) is 11.6. The summed E-state index contributed by atoms with van der Waals surface area (Å²) in [6.45, 7) is 17.5. The second-order valence-corrected chi connectivity index (χ2v) is 6.76. The summed E-state index contributed by atoms with van der Waals surface area (Å²) in [5.41, 5.74) is 0. The maximum atomic E-state index is 2.81. The van der Waals surface area contributed by atoms with Crippen LogP contribution in [0.2, 0.25) is 6.32 Å². The molecule has 0 saturated heterocycles. The lowest BCUT2D eigenvalue weighted by Crippen LogP contribution is -2.54. The van der Waals surface area contributed by atoms with E-state index >= 15 is 0 Å². The molecule has 0 saturated carbocycles. The molecule has 0 aliphatic heterocycles. The Kier molecular flexibility index (Phi) is 15.9. The summed E-state index contributed by atoms with van der Waals surface area (Å²) in [4.78, 5) is 5.61. The van der Waals surface area contributed by atoms with Gasteiger partial charge in [-0.15, -0.1) is 0 Å². The SMILES string of the molecule is CCCCN(CCCC)B(CCC)N(CCCC)CCCC. The first-order valence-electron chi connectivity index (χ1n) is 10.2. The molecule has 2 nitrogen and oxygen atoms in total. The van der Waals surface area contributed by atoms with Crippen LogP contribution in [0.1, 0.15) is 92.4 Å². The van der Waals surface area contributed by atoms with E-state index in [2.05, 4.69) is 44.2 Å². The molecule has 0 aromatic carbocycles. The summed E-state index contributed by atoms with van der Waals surface area (Å²) in [6.07, 6.45) is 13.3. The average Bonchev–Trinajstić information content (AvgIpc) is 2.54. The molecule has 0 rings (SSSR count). The Morgan fingerprint density at radius 1 is 0.500 bits per heavy atom. The monoisotopic (exact) mass is 310 g/mol. The van der Waals surface area contributed by atoms with Gasteiger partial charge in [-0.05, 0) is 58.2 Å². The zero-order valence-corrected chi connectivity index (χ0v) is 16.4. The van der Waals surface area contributed by atoms with E-state index in [1.165, 1.54) is 90.3 Å². The second kappa shape index (κ2) is 15.9. The molecule has 0 heterocycles. The molecular formula is C19H43BN2. The maximum Gasteiger partial charge on any atom is 0.310 e. The van der Waals surface area contributed by atoms with E-state index in [0.29, 0.717) is 6.98 Å². The molecule has 22 heavy (non-hydrogen) atoms. The van der Waals surface area contributed by atoms with Crippen molar-refractivity contribution in [2.75, 3.05) is 26.2 Å². The molecule has 0 unspecified atom stereocenters. The van der Waals surface area contributed by atoms with Crippen LogP contribution in [0.4, 0.5) is 0 Å². The molecule has 0 radical (unpaired) electrons. The highest BCUT2D eigenvalue weighted by Gasteiger charge is 2.28. The predicted octanol–water partition coefficient (Wildman–Crippen LogP) is 5.69. The van der Waals surface area contributed by atoms with Crippen LogP contribution in [0.5, 0.6) is 0 Å². The van der Waals surface area contributed by atoms with Gasteiger partial charge >= 0.3 is 6.98 Å². The second-order valence-electron chi connectivity index (χ2n) is 6.76. The Hall–Kier alpha value is -0.0151. The zero-order valence-electron chi connectivity index (χ0n) is 16.4. The minimum absolute atomic E-state index is 0.682. The van der Waals surface area contributed by atoms with Gasteiger partial charge in [0.05, 0.1) is 0 Å². The highest BCUT2D eigenvalue weighted by molar-refractivity contribution is 6.52. The van der Waals surface area contributed by atoms with Gasteiger partial charge in [0.2, 0.25) is 0 Å². The molecular weight excluding hydrogens is 267 g/mol. The van der Waals surface area contributed by atoms with Crippen molar-refractivity contribution in [1.29, 1.82) is 0 Å². The number of hydrogen-bond acceptors (Lipinski definition) is 2. The number of unbranched alkanes of at least 4 members (excludes halogenated alkanes) is 4. The minimum Gasteiger partial charge on any atom is -0.328 e. The molecule has 132 valence electrons. The van der Waals surface area contributed by atoms with Crippen molar-refractivity contribution in [3.8, 4) is 0 Å². The third kappa shape index (κ3) is 9.89. The fraction of sp³-hybridized carbons (Fsp3) is 1.00. The van der Waals surface area contributed by atoms with Gasteiger partial charge in [-0.1, -0.05) is 66.7 Å². The van der Waals surface area contributed by atoms with Gasteiger partial charge in [0.15, 0.2) is 0 Å². The summed E-state index contributed by atoms with van der Waals surface area (Å²) in [5.74, 6) is 0. The molecule has 0 aliphatic rings. The Balaban J connectivity index is 4.88. The molecule has 0 aromatic rings. The lowest BCUT2D eigenvalue weighted by atomic mass is 9.65. The standard InChI is InChI=1S/C19H43BN2/c1-6-11-16-21(17-12-7-2)20(15-10-5)22(18-13-8-3)19-14-9-4/h6-19H2,1-5H3. The largest absolute Gasteiger partial charge is 0.328 e. The number of hydrogen-bond donors (Lipinski definition) is 0. The van der Waals surface area contributed by atoms with E-state index in [-0.39, 0.29) is 0 Å². The van der Waals surface area contributed by atoms with E-state index < -0.39 is 0 Å². The van der Waals surface area contributed by atoms with Crippen LogP contribution in [-0.2, 0) is 0 Å². The van der Waals surface area contributed by atoms with Gasteiger partial charge in [0, 0.05) is 0 Å². The molecule has 3 heteroatoms. The molecule has 0 fully saturated rings. The third-order valence-corrected chi connectivity index (χ3v) is 4.59. The first-order chi connectivity index (χ1) is 10.7. The number of nitrogens with zero attached hydrogens (tertiary/aromatic N) is 2. The summed E-state index contributed by atoms with van der Waals surface area (Å²) in [7, 11) is 0. The van der Waals surface area contributed by atoms with Crippen molar-refractivity contribution in [2.45, 2.75) is 98.7 Å². The van der Waals surface area contributed by atoms with Crippen LogP contribution >= 0.6 is 0 Å². The van der Waals surface area contributed by atoms with Crippen molar-refractivity contribution in [2.24, 2.45) is 0 Å². The Labute approximate surface area is 142 Å². The Morgan fingerprint density at radius 2 is 0.818 bits per heavy atom. The van der Waals surface area contributed by atoms with Gasteiger partial charge in [-0.2, -0.15) is 0 Å². The summed E-state index contributed by atoms with van der Waals surface area (Å²) in [6, 6.07) is 0. The summed E-state index contributed by atoms with van der Waals surface area (Å²) in [5, 5.41) is 0. The smallest absolute Gasteiger partial charge is 0.310 e. The van der Waals surface area contributed by atoms with Gasteiger partial charge in [0.1, 0.15) is 0 Å². The van der Waals surface area contributed by atoms with E-state index in [4.69, 9.17) is 0 Å². The minimum atomic E-state index is 0.682. The van der Waals surface area contributed by atoms with Crippen molar-refractivity contribution in [1.82, 2.24) is 9.62 Å². The molecule has 0 N–H and O–H groups in total. The quantitative estimate of drug-likeness (QED) is 0.338. The van der Waals surface area contributed by atoms with Crippen molar-refractivity contribution < 1.29 is 0 Å². The lowest BCUT2D eigenvalue weighted by Gasteiger charge is -2.37. The van der Waals surface area contributed by atoms with E-state index in [9.17, 15) is 0 Å². The molecule has 0 aromatic heterocycles. The first-order valence-corrected chi connectivity index (χ1v) is 10.2. The van der Waals surface area contributed by atoms with Crippen molar-refractivity contribution in [3.05, 3.63) is 0 Å². The van der Waals surface area contributed by atoms with E-state index in [1.54, 1.807) is 0 Å². The summed E-state index contributed by atoms with van der Waals surface area (Å²) < 4.78 is 0. The fourth-order valence-corrected chi connectivity index (χ4v) is 3.12. The van der Waals surface area contributed by atoms with Gasteiger partial charge in [-0.25, -0.2) is 0 Å². The first kappa shape index (κ1) is 22.0. The average molecular weight is 310 g/mol. The van der Waals surface area contributed by atoms with Crippen LogP contribution in [0.3, 0.4) is 0 Å². The van der Waals surface area contributed by atoms with Crippen LogP contribution in [-0.4, -0.2) is 42.8 Å². The summed E-state index contributed by atoms with van der Waals surface area (Å²) >= 11 is 0. The number of rotatable bonds is 16. The van der Waals surface area contributed by atoms with E-state index in [1.807, 2.05) is 0 Å². The highest BCUT2D eigenvalue weighted by Crippen LogP contribution is 2.14. The Bertz CT molecular complexity index is 187. The topological polar surface area (TPSA) is 6.48 Å². The maximum absolute atomic E-state index is 2.81. The molecule has 0 bridgehead atoms. The molecule has 0 amide bonds. The fourth-order valence-electron chi connectivity index (χ4n) is 3.12. The van der Waals surface area contributed by atoms with Gasteiger partial charge in [0.25, 0.3) is 0 Å². The van der Waals surface area contributed by atoms with Crippen molar-refractivity contribution in [3.63, 3.8) is 0 Å². The molecule has 0 atom stereocenters. The van der Waals surface area contributed by atoms with Crippen LogP contribution in [0.15, 0.2) is 0 Å². The predicted molar refractivity (Wildman–Crippen MR) is 104 cm³/mol. The molecule has 0 aliphatic carbocycles. The molecule has 0 spiro atoms. The van der Waals surface area contributed by atoms with Crippen LogP contribution in [0, 0.1) is 0 Å². The highest BCUT2D eigenvalue weighted by atomic mass is 15.2.